The fourth-order valence-corrected chi connectivity index (χ4v) is 3.65. The van der Waals surface area contributed by atoms with Crippen LogP contribution in [-0.2, 0) is 0 Å². The summed E-state index contributed by atoms with van der Waals surface area (Å²) in [4.78, 5) is 10.5. The number of hydrogen-bond acceptors (Lipinski definition) is 5. The molecule has 0 saturated heterocycles. The molecular weight excluding hydrogens is 332 g/mol. The lowest BCUT2D eigenvalue weighted by Crippen LogP contribution is -2.01. The number of methoxy groups -OCH3 is 2. The van der Waals surface area contributed by atoms with Crippen LogP contribution in [-0.4, -0.2) is 19.2 Å². The predicted molar refractivity (Wildman–Crippen MR) is 101 cm³/mol. The SMILES string of the molecule is COc1ccc(N=c2ccc3nc4ccccc4sc-3c2)c(OC)c1. The van der Waals surface area contributed by atoms with E-state index in [2.05, 4.69) is 12.1 Å². The van der Waals surface area contributed by atoms with Crippen molar-refractivity contribution < 1.29 is 9.47 Å². The zero-order valence-corrected chi connectivity index (χ0v) is 14.7. The van der Waals surface area contributed by atoms with E-state index < -0.39 is 0 Å². The van der Waals surface area contributed by atoms with Crippen LogP contribution >= 0.6 is 11.3 Å². The molecule has 4 nitrogen and oxygen atoms in total. The summed E-state index contributed by atoms with van der Waals surface area (Å²) < 4.78 is 11.8. The van der Waals surface area contributed by atoms with Crippen LogP contribution in [0.15, 0.2) is 65.7 Å². The highest BCUT2D eigenvalue weighted by atomic mass is 32.1. The van der Waals surface area contributed by atoms with E-state index in [1.54, 1.807) is 25.6 Å². The lowest BCUT2D eigenvalue weighted by atomic mass is 10.2. The maximum absolute atomic E-state index is 5.42. The quantitative estimate of drug-likeness (QED) is 0.506. The molecule has 2 aliphatic rings. The Labute approximate surface area is 149 Å². The van der Waals surface area contributed by atoms with E-state index in [0.717, 1.165) is 37.6 Å². The van der Waals surface area contributed by atoms with Crippen LogP contribution in [0, 0.1) is 0 Å². The molecule has 0 radical (unpaired) electrons. The van der Waals surface area contributed by atoms with Crippen LogP contribution in [0.2, 0.25) is 0 Å². The fraction of sp³-hybridized carbons (Fsp3) is 0.100. The highest BCUT2D eigenvalue weighted by Crippen LogP contribution is 2.32. The predicted octanol–water partition coefficient (Wildman–Crippen LogP) is 4.65. The molecule has 5 heteroatoms. The Morgan fingerprint density at radius 1 is 0.920 bits per heavy atom. The first-order chi connectivity index (χ1) is 12.3. The highest BCUT2D eigenvalue weighted by Gasteiger charge is 2.07. The van der Waals surface area contributed by atoms with E-state index in [1.807, 2.05) is 48.5 Å². The van der Waals surface area contributed by atoms with Crippen molar-refractivity contribution >= 4 is 27.2 Å². The van der Waals surface area contributed by atoms with Crippen LogP contribution in [0.4, 0.5) is 5.69 Å². The van der Waals surface area contributed by atoms with Crippen LogP contribution in [0.25, 0.3) is 20.8 Å². The molecule has 1 heterocycles. The van der Waals surface area contributed by atoms with Gasteiger partial charge in [0.2, 0.25) is 0 Å². The normalized spacial score (nSPS) is 11.8. The van der Waals surface area contributed by atoms with Gasteiger partial charge in [0.15, 0.2) is 0 Å². The number of benzene rings is 3. The van der Waals surface area contributed by atoms with Crippen LogP contribution in [0.1, 0.15) is 0 Å². The molecule has 0 saturated carbocycles. The van der Waals surface area contributed by atoms with Gasteiger partial charge in [0.05, 0.1) is 40.4 Å². The van der Waals surface area contributed by atoms with Gasteiger partial charge in [-0.3, -0.25) is 0 Å². The first-order valence-electron chi connectivity index (χ1n) is 7.83. The number of fused-ring (bicyclic) bond motifs is 2. The molecule has 2 aromatic carbocycles. The molecule has 0 fully saturated rings. The first-order valence-corrected chi connectivity index (χ1v) is 8.65. The Hall–Kier alpha value is -2.92. The molecule has 0 unspecified atom stereocenters. The summed E-state index contributed by atoms with van der Waals surface area (Å²) in [6.45, 7) is 0. The Bertz CT molecular complexity index is 1090. The van der Waals surface area contributed by atoms with Crippen molar-refractivity contribution in [1.29, 1.82) is 0 Å². The Balaban J connectivity index is 1.85. The van der Waals surface area contributed by atoms with Crippen molar-refractivity contribution in [2.24, 2.45) is 4.99 Å². The monoisotopic (exact) mass is 348 g/mol. The first kappa shape index (κ1) is 15.6. The molecule has 4 rings (SSSR count). The van der Waals surface area contributed by atoms with E-state index in [0.29, 0.717) is 5.75 Å². The topological polar surface area (TPSA) is 43.7 Å². The van der Waals surface area contributed by atoms with Crippen LogP contribution < -0.4 is 14.8 Å². The van der Waals surface area contributed by atoms with E-state index >= 15 is 0 Å². The summed E-state index contributed by atoms with van der Waals surface area (Å²) in [5.74, 6) is 1.42. The molecule has 0 N–H and O–H groups in total. The van der Waals surface area contributed by atoms with E-state index in [9.17, 15) is 0 Å². The molecule has 2 aromatic rings. The summed E-state index contributed by atoms with van der Waals surface area (Å²) in [7, 11) is 3.26. The minimum absolute atomic E-state index is 0.680. The number of rotatable bonds is 3. The van der Waals surface area contributed by atoms with Gasteiger partial charge in [-0.2, -0.15) is 0 Å². The van der Waals surface area contributed by atoms with Gasteiger partial charge in [-0.1, -0.05) is 12.1 Å². The third-order valence-corrected chi connectivity index (χ3v) is 5.02. The molecule has 0 aromatic heterocycles. The third-order valence-electron chi connectivity index (χ3n) is 3.91. The molecule has 0 amide bonds. The smallest absolute Gasteiger partial charge is 0.148 e. The third kappa shape index (κ3) is 3.06. The molecule has 0 spiro atoms. The Morgan fingerprint density at radius 3 is 2.64 bits per heavy atom. The lowest BCUT2D eigenvalue weighted by Gasteiger charge is -2.08. The summed E-state index contributed by atoms with van der Waals surface area (Å²) in [5.41, 5.74) is 2.76. The second-order valence-corrected chi connectivity index (χ2v) is 6.57. The fourth-order valence-electron chi connectivity index (χ4n) is 2.65. The molecule has 1 aliphatic carbocycles. The number of hydrogen-bond donors (Lipinski definition) is 0. The van der Waals surface area contributed by atoms with Gasteiger partial charge < -0.3 is 9.47 Å². The second kappa shape index (κ2) is 6.53. The number of para-hydroxylation sites is 1. The van der Waals surface area contributed by atoms with Crippen LogP contribution in [0.3, 0.4) is 0 Å². The van der Waals surface area contributed by atoms with Gasteiger partial charge in [-0.25, -0.2) is 9.98 Å². The zero-order chi connectivity index (χ0) is 17.2. The Kier molecular flexibility index (Phi) is 4.07. The van der Waals surface area contributed by atoms with E-state index in [1.165, 1.54) is 0 Å². The van der Waals surface area contributed by atoms with Gasteiger partial charge in [-0.05, 0) is 42.5 Å². The van der Waals surface area contributed by atoms with Crippen molar-refractivity contribution in [3.8, 4) is 22.1 Å². The standard InChI is InChI=1S/C20H16N2O2S/c1-23-14-8-10-15(18(12-14)24-2)21-13-7-9-17-20(11-13)25-19-6-4-3-5-16(19)22-17/h3-12H,1-2H3. The van der Waals surface area contributed by atoms with Gasteiger partial charge in [0, 0.05) is 6.07 Å². The van der Waals surface area contributed by atoms with Gasteiger partial charge in [-0.15, -0.1) is 11.3 Å². The minimum atomic E-state index is 0.680. The summed E-state index contributed by atoms with van der Waals surface area (Å²) in [6, 6.07) is 19.8. The number of ether oxygens (including phenoxy) is 2. The molecular formula is C20H16N2O2S. The maximum Gasteiger partial charge on any atom is 0.148 e. The van der Waals surface area contributed by atoms with Crippen molar-refractivity contribution in [1.82, 2.24) is 4.98 Å². The molecule has 0 bridgehead atoms. The van der Waals surface area contributed by atoms with Gasteiger partial charge >= 0.3 is 0 Å². The average molecular weight is 348 g/mol. The molecule has 25 heavy (non-hydrogen) atoms. The number of nitrogens with zero attached hydrogens (tertiary/aromatic N) is 2. The zero-order valence-electron chi connectivity index (χ0n) is 13.9. The minimum Gasteiger partial charge on any atom is -0.497 e. The van der Waals surface area contributed by atoms with Crippen molar-refractivity contribution in [3.63, 3.8) is 0 Å². The van der Waals surface area contributed by atoms with Gasteiger partial charge in [0.1, 0.15) is 17.2 Å². The maximum atomic E-state index is 5.42. The van der Waals surface area contributed by atoms with Crippen LogP contribution in [0.5, 0.6) is 11.5 Å². The van der Waals surface area contributed by atoms with Gasteiger partial charge in [0.25, 0.3) is 0 Å². The molecule has 0 atom stereocenters. The lowest BCUT2D eigenvalue weighted by molar-refractivity contribution is 0.395. The average Bonchev–Trinajstić information content (AvgIpc) is 2.66. The largest absolute Gasteiger partial charge is 0.497 e. The summed E-state index contributed by atoms with van der Waals surface area (Å²) in [6.07, 6.45) is 0. The van der Waals surface area contributed by atoms with Crippen molar-refractivity contribution in [2.45, 2.75) is 0 Å². The summed E-state index contributed by atoms with van der Waals surface area (Å²) in [5, 5.41) is 0.865. The van der Waals surface area contributed by atoms with E-state index in [-0.39, 0.29) is 0 Å². The summed E-state index contributed by atoms with van der Waals surface area (Å²) >= 11 is 1.72. The van der Waals surface area contributed by atoms with Crippen molar-refractivity contribution in [2.75, 3.05) is 14.2 Å². The molecule has 1 aliphatic heterocycles. The second-order valence-electron chi connectivity index (χ2n) is 5.48. The molecule has 124 valence electrons. The van der Waals surface area contributed by atoms with E-state index in [4.69, 9.17) is 19.5 Å². The number of aromatic nitrogens is 1. The Morgan fingerprint density at radius 2 is 1.80 bits per heavy atom. The van der Waals surface area contributed by atoms with Crippen molar-refractivity contribution in [3.05, 3.63) is 66.0 Å². The highest BCUT2D eigenvalue weighted by molar-refractivity contribution is 7.21.